The van der Waals surface area contributed by atoms with Crippen LogP contribution in [-0.2, 0) is 6.42 Å². The Morgan fingerprint density at radius 2 is 2.32 bits per heavy atom. The highest BCUT2D eigenvalue weighted by Crippen LogP contribution is 2.28. The van der Waals surface area contributed by atoms with Crippen LogP contribution in [0.3, 0.4) is 0 Å². The fraction of sp³-hybridized carbons (Fsp3) is 0.471. The molecule has 0 amide bonds. The highest BCUT2D eigenvalue weighted by atomic mass is 16.5. The van der Waals surface area contributed by atoms with Gasteiger partial charge in [-0.25, -0.2) is 0 Å². The van der Waals surface area contributed by atoms with Gasteiger partial charge in [0.2, 0.25) is 0 Å². The van der Waals surface area contributed by atoms with Gasteiger partial charge in [-0.15, -0.1) is 0 Å². The van der Waals surface area contributed by atoms with Gasteiger partial charge < -0.3 is 20.8 Å². The monoisotopic (exact) mass is 300 g/mol. The van der Waals surface area contributed by atoms with Gasteiger partial charge in [-0.1, -0.05) is 12.5 Å². The summed E-state index contributed by atoms with van der Waals surface area (Å²) in [5, 5.41) is 4.35. The summed E-state index contributed by atoms with van der Waals surface area (Å²) in [5.41, 5.74) is 8.24. The number of hydrogen-bond acceptors (Lipinski definition) is 2. The summed E-state index contributed by atoms with van der Waals surface area (Å²) in [5.74, 6) is 2.21. The van der Waals surface area contributed by atoms with Gasteiger partial charge in [0.25, 0.3) is 0 Å². The number of benzene rings is 1. The molecular weight excluding hydrogens is 276 g/mol. The van der Waals surface area contributed by atoms with Crippen LogP contribution in [0.25, 0.3) is 10.9 Å². The van der Waals surface area contributed by atoms with E-state index in [1.807, 2.05) is 18.3 Å². The van der Waals surface area contributed by atoms with E-state index in [-0.39, 0.29) is 0 Å². The van der Waals surface area contributed by atoms with E-state index >= 15 is 0 Å². The molecule has 1 heterocycles. The zero-order chi connectivity index (χ0) is 15.4. The van der Waals surface area contributed by atoms with Crippen molar-refractivity contribution in [2.45, 2.75) is 25.7 Å². The molecule has 5 heteroatoms. The van der Waals surface area contributed by atoms with Gasteiger partial charge in [0, 0.05) is 30.2 Å². The first-order valence-electron chi connectivity index (χ1n) is 7.94. The van der Waals surface area contributed by atoms with Crippen molar-refractivity contribution in [2.24, 2.45) is 16.6 Å². The van der Waals surface area contributed by atoms with Crippen molar-refractivity contribution in [1.29, 1.82) is 0 Å². The molecule has 0 saturated heterocycles. The summed E-state index contributed by atoms with van der Waals surface area (Å²) in [4.78, 5) is 7.70. The molecule has 1 aromatic carbocycles. The number of rotatable bonds is 6. The molecule has 22 heavy (non-hydrogen) atoms. The zero-order valence-corrected chi connectivity index (χ0v) is 13.1. The third-order valence-electron chi connectivity index (χ3n) is 4.41. The number of H-pyrrole nitrogens is 1. The van der Waals surface area contributed by atoms with Crippen molar-refractivity contribution in [1.82, 2.24) is 10.3 Å². The maximum atomic E-state index is 5.92. The number of aromatic amines is 1. The van der Waals surface area contributed by atoms with Crippen molar-refractivity contribution in [3.05, 3.63) is 30.0 Å². The van der Waals surface area contributed by atoms with Crippen LogP contribution in [0.5, 0.6) is 5.75 Å². The highest BCUT2D eigenvalue weighted by molar-refractivity contribution is 5.89. The predicted octanol–water partition coefficient (Wildman–Crippen LogP) is 2.42. The van der Waals surface area contributed by atoms with E-state index in [9.17, 15) is 0 Å². The maximum Gasteiger partial charge on any atom is 0.188 e. The molecule has 1 aliphatic rings. The number of fused-ring (bicyclic) bond motifs is 1. The predicted molar refractivity (Wildman–Crippen MR) is 90.4 cm³/mol. The number of aliphatic imine (C=N–C) groups is 1. The Labute approximate surface area is 130 Å². The SMILES string of the molecule is COc1cccc2[nH]cc(CCNC(N)=NCC3CCC3)c12. The average Bonchev–Trinajstić information content (AvgIpc) is 2.89. The first-order chi connectivity index (χ1) is 10.8. The molecule has 0 aliphatic heterocycles. The standard InChI is InChI=1S/C17H24N4O/c1-22-15-7-3-6-14-16(15)13(11-20-14)8-9-19-17(18)21-10-12-4-2-5-12/h3,6-7,11-12,20H,2,4-5,8-10H2,1H3,(H3,18,19,21). The Balaban J connectivity index is 1.57. The largest absolute Gasteiger partial charge is 0.496 e. The second-order valence-electron chi connectivity index (χ2n) is 5.90. The van der Waals surface area contributed by atoms with Crippen LogP contribution in [0.2, 0.25) is 0 Å². The lowest BCUT2D eigenvalue weighted by Gasteiger charge is -2.23. The van der Waals surface area contributed by atoms with Crippen molar-refractivity contribution in [3.8, 4) is 5.75 Å². The van der Waals surface area contributed by atoms with Crippen LogP contribution in [0, 0.1) is 5.92 Å². The van der Waals surface area contributed by atoms with Gasteiger partial charge >= 0.3 is 0 Å². The summed E-state index contributed by atoms with van der Waals surface area (Å²) in [6.07, 6.45) is 6.85. The smallest absolute Gasteiger partial charge is 0.188 e. The molecule has 1 aliphatic carbocycles. The molecule has 1 saturated carbocycles. The lowest BCUT2D eigenvalue weighted by Crippen LogP contribution is -2.34. The Kier molecular flexibility index (Phi) is 4.51. The summed E-state index contributed by atoms with van der Waals surface area (Å²) in [6, 6.07) is 6.04. The molecular formula is C17H24N4O. The molecule has 0 radical (unpaired) electrons. The van der Waals surface area contributed by atoms with Gasteiger partial charge in [-0.2, -0.15) is 0 Å². The Bertz CT molecular complexity index is 658. The van der Waals surface area contributed by atoms with Crippen LogP contribution in [0.1, 0.15) is 24.8 Å². The molecule has 3 rings (SSSR count). The molecule has 5 nitrogen and oxygen atoms in total. The number of ether oxygens (including phenoxy) is 1. The topological polar surface area (TPSA) is 75.4 Å². The summed E-state index contributed by atoms with van der Waals surface area (Å²) in [7, 11) is 1.70. The van der Waals surface area contributed by atoms with E-state index in [4.69, 9.17) is 10.5 Å². The van der Waals surface area contributed by atoms with Gasteiger partial charge in [0.15, 0.2) is 5.96 Å². The van der Waals surface area contributed by atoms with Crippen molar-refractivity contribution in [2.75, 3.05) is 20.2 Å². The van der Waals surface area contributed by atoms with E-state index in [0.717, 1.165) is 42.1 Å². The summed E-state index contributed by atoms with van der Waals surface area (Å²) in [6.45, 7) is 1.63. The number of methoxy groups -OCH3 is 1. The minimum Gasteiger partial charge on any atom is -0.496 e. The molecule has 4 N–H and O–H groups in total. The molecule has 118 valence electrons. The molecule has 0 bridgehead atoms. The molecule has 0 atom stereocenters. The first-order valence-corrected chi connectivity index (χ1v) is 7.94. The normalized spacial score (nSPS) is 15.8. The number of aromatic nitrogens is 1. The Hall–Kier alpha value is -2.17. The van der Waals surface area contributed by atoms with Crippen LogP contribution in [0.4, 0.5) is 0 Å². The zero-order valence-electron chi connectivity index (χ0n) is 13.1. The number of hydrogen-bond donors (Lipinski definition) is 3. The molecule has 1 fully saturated rings. The minimum absolute atomic E-state index is 0.554. The maximum absolute atomic E-state index is 5.92. The van der Waals surface area contributed by atoms with Crippen LogP contribution >= 0.6 is 0 Å². The number of guanidine groups is 1. The van der Waals surface area contributed by atoms with Crippen LogP contribution < -0.4 is 15.8 Å². The molecule has 1 aromatic heterocycles. The van der Waals surface area contributed by atoms with E-state index in [2.05, 4.69) is 21.4 Å². The Morgan fingerprint density at radius 3 is 3.05 bits per heavy atom. The fourth-order valence-electron chi connectivity index (χ4n) is 2.87. The van der Waals surface area contributed by atoms with E-state index in [1.165, 1.54) is 24.8 Å². The van der Waals surface area contributed by atoms with Crippen LogP contribution in [0.15, 0.2) is 29.4 Å². The number of nitrogens with one attached hydrogen (secondary N) is 2. The minimum atomic E-state index is 0.554. The third-order valence-corrected chi connectivity index (χ3v) is 4.41. The number of nitrogens with zero attached hydrogens (tertiary/aromatic N) is 1. The van der Waals surface area contributed by atoms with Gasteiger partial charge in [0.1, 0.15) is 5.75 Å². The number of nitrogens with two attached hydrogens (primary N) is 1. The second-order valence-corrected chi connectivity index (χ2v) is 5.90. The first kappa shape index (κ1) is 14.8. The molecule has 0 spiro atoms. The third kappa shape index (κ3) is 3.18. The van der Waals surface area contributed by atoms with E-state index in [0.29, 0.717) is 5.96 Å². The van der Waals surface area contributed by atoms with Crippen molar-refractivity contribution in [3.63, 3.8) is 0 Å². The van der Waals surface area contributed by atoms with Gasteiger partial charge in [0.05, 0.1) is 7.11 Å². The van der Waals surface area contributed by atoms with Crippen molar-refractivity contribution < 1.29 is 4.74 Å². The van der Waals surface area contributed by atoms with Crippen LogP contribution in [-0.4, -0.2) is 31.1 Å². The Morgan fingerprint density at radius 1 is 1.45 bits per heavy atom. The molecule has 0 unspecified atom stereocenters. The highest BCUT2D eigenvalue weighted by Gasteiger charge is 2.16. The fourth-order valence-corrected chi connectivity index (χ4v) is 2.87. The van der Waals surface area contributed by atoms with E-state index in [1.54, 1.807) is 7.11 Å². The quantitative estimate of drug-likeness (QED) is 0.566. The van der Waals surface area contributed by atoms with Crippen molar-refractivity contribution >= 4 is 16.9 Å². The van der Waals surface area contributed by atoms with Gasteiger partial charge in [-0.05, 0) is 42.9 Å². The molecule has 2 aromatic rings. The second kappa shape index (κ2) is 6.73. The lowest BCUT2D eigenvalue weighted by molar-refractivity contribution is 0.326. The average molecular weight is 300 g/mol. The van der Waals surface area contributed by atoms with Gasteiger partial charge in [-0.3, -0.25) is 4.99 Å². The summed E-state index contributed by atoms with van der Waals surface area (Å²) < 4.78 is 5.45. The summed E-state index contributed by atoms with van der Waals surface area (Å²) >= 11 is 0. The lowest BCUT2D eigenvalue weighted by atomic mass is 9.86. The van der Waals surface area contributed by atoms with E-state index < -0.39 is 0 Å².